The van der Waals surface area contributed by atoms with E-state index < -0.39 is 157 Å². The van der Waals surface area contributed by atoms with E-state index in [2.05, 4.69) is 0 Å². The van der Waals surface area contributed by atoms with Gasteiger partial charge < -0.3 is 104 Å². The molecule has 304 valence electrons. The van der Waals surface area contributed by atoms with Crippen LogP contribution in [0.4, 0.5) is 0 Å². The van der Waals surface area contributed by atoms with Crippen molar-refractivity contribution >= 4 is 11.0 Å². The van der Waals surface area contributed by atoms with Gasteiger partial charge in [-0.3, -0.25) is 4.79 Å². The Morgan fingerprint density at radius 2 is 1.09 bits per heavy atom. The molecule has 0 bridgehead atoms. The van der Waals surface area contributed by atoms with E-state index in [9.17, 15) is 76.3 Å². The summed E-state index contributed by atoms with van der Waals surface area (Å²) in [7, 11) is 0. The first-order valence-electron chi connectivity index (χ1n) is 16.7. The van der Waals surface area contributed by atoms with Crippen LogP contribution < -0.4 is 14.9 Å². The lowest BCUT2D eigenvalue weighted by atomic mass is 9.98. The van der Waals surface area contributed by atoms with Crippen molar-refractivity contribution in [3.63, 3.8) is 0 Å². The number of fused-ring (bicyclic) bond motifs is 1. The Bertz CT molecular complexity index is 1870. The van der Waals surface area contributed by atoms with E-state index in [1.807, 2.05) is 0 Å². The number of hydrogen-bond acceptors (Lipinski definition) is 22. The summed E-state index contributed by atoms with van der Waals surface area (Å²) in [6.45, 7) is -2.26. The first kappa shape index (κ1) is 40.7. The summed E-state index contributed by atoms with van der Waals surface area (Å²) in [6.07, 6.45) is -26.3. The van der Waals surface area contributed by atoms with Gasteiger partial charge in [0.1, 0.15) is 95.7 Å². The maximum Gasteiger partial charge on any atom is 0.239 e. The number of aliphatic hydroxyl groups excluding tert-OH is 11. The van der Waals surface area contributed by atoms with E-state index in [1.54, 1.807) is 0 Å². The van der Waals surface area contributed by atoms with E-state index in [0.29, 0.717) is 0 Å². The highest BCUT2D eigenvalue weighted by Gasteiger charge is 2.49. The highest BCUT2D eigenvalue weighted by Crippen LogP contribution is 2.40. The number of aromatic hydroxyl groups is 3. The lowest BCUT2D eigenvalue weighted by Crippen LogP contribution is -2.62. The molecule has 0 amide bonds. The van der Waals surface area contributed by atoms with Gasteiger partial charge in [-0.15, -0.1) is 0 Å². The van der Waals surface area contributed by atoms with Crippen molar-refractivity contribution in [3.05, 3.63) is 40.6 Å². The average Bonchev–Trinajstić information content (AvgIpc) is 3.16. The van der Waals surface area contributed by atoms with Crippen molar-refractivity contribution in [2.24, 2.45) is 0 Å². The first-order chi connectivity index (χ1) is 26.1. The van der Waals surface area contributed by atoms with E-state index in [1.165, 1.54) is 6.07 Å². The molecule has 15 atom stereocenters. The second-order valence-electron chi connectivity index (χ2n) is 13.1. The zero-order chi connectivity index (χ0) is 40.0. The Balaban J connectivity index is 1.30. The molecule has 22 nitrogen and oxygen atoms in total. The molecule has 3 aliphatic rings. The molecule has 3 aliphatic heterocycles. The summed E-state index contributed by atoms with van der Waals surface area (Å²) in [5.74, 6) is -3.69. The van der Waals surface area contributed by atoms with E-state index >= 15 is 0 Å². The predicted molar refractivity (Wildman–Crippen MR) is 174 cm³/mol. The largest absolute Gasteiger partial charge is 0.507 e. The summed E-state index contributed by atoms with van der Waals surface area (Å²) in [4.78, 5) is 13.9. The zero-order valence-corrected chi connectivity index (χ0v) is 28.2. The number of benzene rings is 2. The summed E-state index contributed by atoms with van der Waals surface area (Å²) < 4.78 is 38.9. The van der Waals surface area contributed by atoms with Crippen molar-refractivity contribution in [1.29, 1.82) is 0 Å². The van der Waals surface area contributed by atoms with Gasteiger partial charge in [0, 0.05) is 17.7 Å². The van der Waals surface area contributed by atoms with Crippen LogP contribution in [0.3, 0.4) is 0 Å². The summed E-state index contributed by atoms with van der Waals surface area (Å²) >= 11 is 0. The lowest BCUT2D eigenvalue weighted by Gasteiger charge is -2.42. The highest BCUT2D eigenvalue weighted by atomic mass is 16.7. The Morgan fingerprint density at radius 3 is 1.67 bits per heavy atom. The first-order valence-corrected chi connectivity index (χ1v) is 16.7. The number of phenols is 3. The van der Waals surface area contributed by atoms with Crippen LogP contribution >= 0.6 is 0 Å². The monoisotopic (exact) mass is 788 g/mol. The lowest BCUT2D eigenvalue weighted by molar-refractivity contribution is -0.323. The van der Waals surface area contributed by atoms with E-state index in [-0.39, 0.29) is 11.3 Å². The average molecular weight is 789 g/mol. The van der Waals surface area contributed by atoms with Crippen LogP contribution in [0, 0.1) is 0 Å². The van der Waals surface area contributed by atoms with Gasteiger partial charge in [0.15, 0.2) is 23.5 Å². The van der Waals surface area contributed by atoms with Gasteiger partial charge in [-0.2, -0.15) is 0 Å². The third kappa shape index (κ3) is 7.76. The van der Waals surface area contributed by atoms with Crippen LogP contribution in [0.1, 0.15) is 0 Å². The molecular weight excluding hydrogens is 748 g/mol. The fourth-order valence-corrected chi connectivity index (χ4v) is 6.25. The molecule has 14 N–H and O–H groups in total. The van der Waals surface area contributed by atoms with Crippen molar-refractivity contribution < 1.29 is 104 Å². The van der Waals surface area contributed by atoms with E-state index in [0.717, 1.165) is 24.3 Å². The van der Waals surface area contributed by atoms with E-state index in [4.69, 9.17) is 32.8 Å². The molecule has 3 fully saturated rings. The second kappa shape index (κ2) is 16.3. The molecule has 3 aromatic rings. The predicted octanol–water partition coefficient (Wildman–Crippen LogP) is -5.24. The number of hydrogen-bond donors (Lipinski definition) is 14. The Morgan fingerprint density at radius 1 is 0.564 bits per heavy atom. The topological polar surface area (TPSA) is 369 Å². The molecule has 6 rings (SSSR count). The van der Waals surface area contributed by atoms with Gasteiger partial charge >= 0.3 is 0 Å². The number of ether oxygens (including phenoxy) is 6. The van der Waals surface area contributed by atoms with Crippen LogP contribution in [0.15, 0.2) is 39.5 Å². The molecule has 22 heteroatoms. The van der Waals surface area contributed by atoms with Gasteiger partial charge in [-0.05, 0) is 18.2 Å². The van der Waals surface area contributed by atoms with Crippen LogP contribution in [-0.2, 0) is 18.9 Å². The van der Waals surface area contributed by atoms with Crippen molar-refractivity contribution in [3.8, 4) is 40.1 Å². The molecule has 0 aliphatic carbocycles. The van der Waals surface area contributed by atoms with Crippen molar-refractivity contribution in [2.75, 3.05) is 19.8 Å². The minimum absolute atomic E-state index is 0.120. The molecule has 0 saturated carbocycles. The fourth-order valence-electron chi connectivity index (χ4n) is 6.25. The van der Waals surface area contributed by atoms with Crippen LogP contribution in [0.25, 0.3) is 22.3 Å². The van der Waals surface area contributed by atoms with Gasteiger partial charge in [-0.1, -0.05) is 0 Å². The third-order valence-corrected chi connectivity index (χ3v) is 9.42. The molecule has 0 radical (unpaired) electrons. The molecule has 0 spiro atoms. The molecule has 55 heavy (non-hydrogen) atoms. The standard InChI is InChI=1S/C33H40O22/c34-6-15-19(39)23(43)26(46)31(52-15)49-8-17-21(41)25(45)27(47)32(54-17)50-10-4-13(38)18-14(5-10)51-29(9-1-2-11(36)12(37)3-9)30(22(18)42)55-33-28(48)24(44)20(40)16(7-35)53-33/h1-5,15-17,19-21,23-28,31-41,43-48H,6-8H2/t15-,16-,17-,19-,20-,21-,23+,24+,25+,26-,27-,28-,31-,32-,33-/m1/s1. The van der Waals surface area contributed by atoms with Gasteiger partial charge in [0.2, 0.25) is 23.8 Å². The maximum atomic E-state index is 13.9. The Labute approximate surface area is 307 Å². The Hall–Kier alpha value is -3.95. The number of aliphatic hydroxyl groups is 11. The summed E-state index contributed by atoms with van der Waals surface area (Å²) in [5.41, 5.74) is -1.68. The minimum Gasteiger partial charge on any atom is -0.507 e. The maximum absolute atomic E-state index is 13.9. The normalized spacial score (nSPS) is 36.8. The smallest absolute Gasteiger partial charge is 0.239 e. The van der Waals surface area contributed by atoms with Crippen molar-refractivity contribution in [1.82, 2.24) is 0 Å². The van der Waals surface area contributed by atoms with Gasteiger partial charge in [0.25, 0.3) is 0 Å². The second-order valence-corrected chi connectivity index (χ2v) is 13.1. The molecule has 1 aromatic heterocycles. The Kier molecular flexibility index (Phi) is 12.0. The minimum atomic E-state index is -1.99. The molecule has 0 unspecified atom stereocenters. The van der Waals surface area contributed by atoms with Crippen LogP contribution in [-0.4, -0.2) is 183 Å². The number of phenolic OH excluding ortho intramolecular Hbond substituents is 3. The highest BCUT2D eigenvalue weighted by molar-refractivity contribution is 5.88. The fraction of sp³-hybridized carbons (Fsp3) is 0.545. The third-order valence-electron chi connectivity index (χ3n) is 9.42. The number of rotatable bonds is 10. The van der Waals surface area contributed by atoms with Crippen molar-refractivity contribution in [2.45, 2.75) is 92.1 Å². The van der Waals surface area contributed by atoms with Gasteiger partial charge in [0.05, 0.1) is 19.8 Å². The van der Waals surface area contributed by atoms with Gasteiger partial charge in [-0.25, -0.2) is 0 Å². The van der Waals surface area contributed by atoms with Crippen LogP contribution in [0.2, 0.25) is 0 Å². The summed E-state index contributed by atoms with van der Waals surface area (Å²) in [6, 6.07) is 5.08. The quantitative estimate of drug-likeness (QED) is 0.0853. The van der Waals surface area contributed by atoms with Crippen LogP contribution in [0.5, 0.6) is 28.7 Å². The molecule has 3 saturated heterocycles. The molecular formula is C33H40O22. The SMILES string of the molecule is O=c1c(O[C@H]2O[C@H](CO)[C@@H](O)[C@H](O)[C@H]2O)c(-c2ccc(O)c(O)c2)oc2cc(O[C@@H]3O[C@H](CO[C@@H]4O[C@H](CO)[C@@H](O)[C@H](O)[C@H]4O)[C@@H](O)[C@H](O)[C@H]3O)cc(O)c12. The molecule has 4 heterocycles. The zero-order valence-electron chi connectivity index (χ0n) is 28.2. The molecule has 2 aromatic carbocycles. The summed E-state index contributed by atoms with van der Waals surface area (Å²) in [5, 5.41) is 143.